The van der Waals surface area contributed by atoms with Crippen molar-refractivity contribution >= 4 is 5.91 Å². The molecule has 1 fully saturated rings. The number of hydrogen-bond acceptors (Lipinski definition) is 2. The van der Waals surface area contributed by atoms with E-state index in [0.717, 1.165) is 12.8 Å². The molecule has 0 heterocycles. The van der Waals surface area contributed by atoms with Gasteiger partial charge in [-0.25, -0.2) is 0 Å². The molecule has 3 nitrogen and oxygen atoms in total. The highest BCUT2D eigenvalue weighted by atomic mass is 16.2. The third-order valence-electron chi connectivity index (χ3n) is 3.40. The molecule has 0 aliphatic heterocycles. The van der Waals surface area contributed by atoms with E-state index < -0.39 is 0 Å². The molecule has 2 unspecified atom stereocenters. The summed E-state index contributed by atoms with van der Waals surface area (Å²) in [5, 5.41) is 0. The molecule has 0 aromatic carbocycles. The van der Waals surface area contributed by atoms with Crippen molar-refractivity contribution in [1.29, 1.82) is 0 Å². The van der Waals surface area contributed by atoms with Gasteiger partial charge in [-0.3, -0.25) is 4.79 Å². The Morgan fingerprint density at radius 2 is 1.86 bits per heavy atom. The van der Waals surface area contributed by atoms with Gasteiger partial charge in [0.05, 0.1) is 5.92 Å². The van der Waals surface area contributed by atoms with Crippen molar-refractivity contribution in [3.63, 3.8) is 0 Å². The molecule has 1 aliphatic rings. The average molecular weight is 198 g/mol. The molecule has 2 atom stereocenters. The summed E-state index contributed by atoms with van der Waals surface area (Å²) in [6.45, 7) is 3.81. The molecule has 0 spiro atoms. The van der Waals surface area contributed by atoms with E-state index in [9.17, 15) is 4.79 Å². The van der Waals surface area contributed by atoms with Gasteiger partial charge in [0.25, 0.3) is 0 Å². The van der Waals surface area contributed by atoms with Crippen LogP contribution in [0, 0.1) is 5.92 Å². The predicted molar refractivity (Wildman–Crippen MR) is 57.8 cm³/mol. The molecule has 82 valence electrons. The van der Waals surface area contributed by atoms with Gasteiger partial charge >= 0.3 is 0 Å². The molecule has 1 saturated carbocycles. The molecule has 0 radical (unpaired) electrons. The van der Waals surface area contributed by atoms with Crippen molar-refractivity contribution in [2.75, 3.05) is 7.05 Å². The van der Waals surface area contributed by atoms with Crippen LogP contribution in [-0.4, -0.2) is 29.9 Å². The number of nitrogens with zero attached hydrogens (tertiary/aromatic N) is 1. The Labute approximate surface area is 86.6 Å². The van der Waals surface area contributed by atoms with Gasteiger partial charge in [0.1, 0.15) is 0 Å². The van der Waals surface area contributed by atoms with Crippen molar-refractivity contribution in [2.24, 2.45) is 11.7 Å². The third kappa shape index (κ3) is 2.47. The Morgan fingerprint density at radius 1 is 1.36 bits per heavy atom. The van der Waals surface area contributed by atoms with Crippen LogP contribution >= 0.6 is 0 Å². The van der Waals surface area contributed by atoms with Crippen LogP contribution in [0.25, 0.3) is 0 Å². The van der Waals surface area contributed by atoms with Crippen molar-refractivity contribution in [2.45, 2.75) is 51.6 Å². The zero-order valence-corrected chi connectivity index (χ0v) is 9.49. The first-order chi connectivity index (χ1) is 6.54. The van der Waals surface area contributed by atoms with E-state index >= 15 is 0 Å². The molecule has 0 saturated heterocycles. The lowest BCUT2D eigenvalue weighted by atomic mass is 10.0. The summed E-state index contributed by atoms with van der Waals surface area (Å²) >= 11 is 0. The van der Waals surface area contributed by atoms with Crippen LogP contribution in [-0.2, 0) is 4.79 Å². The van der Waals surface area contributed by atoms with Crippen LogP contribution in [0.2, 0.25) is 0 Å². The van der Waals surface area contributed by atoms with Gasteiger partial charge < -0.3 is 10.6 Å². The standard InChI is InChI=1S/C11H22N2O/c1-8(9(2)12)11(14)13(3)10-6-4-5-7-10/h8-10H,4-7,12H2,1-3H3. The van der Waals surface area contributed by atoms with Crippen molar-refractivity contribution in [1.82, 2.24) is 4.90 Å². The maximum atomic E-state index is 11.9. The van der Waals surface area contributed by atoms with Gasteiger partial charge in [-0.15, -0.1) is 0 Å². The normalized spacial score (nSPS) is 22.0. The Balaban J connectivity index is 2.50. The second kappa shape index (κ2) is 4.78. The lowest BCUT2D eigenvalue weighted by Gasteiger charge is -2.28. The first kappa shape index (κ1) is 11.5. The van der Waals surface area contributed by atoms with E-state index in [2.05, 4.69) is 0 Å². The lowest BCUT2D eigenvalue weighted by molar-refractivity contribution is -0.136. The van der Waals surface area contributed by atoms with E-state index in [1.165, 1.54) is 12.8 Å². The first-order valence-electron chi connectivity index (χ1n) is 5.56. The number of nitrogens with two attached hydrogens (primary N) is 1. The van der Waals surface area contributed by atoms with Gasteiger partial charge in [0.15, 0.2) is 0 Å². The van der Waals surface area contributed by atoms with Crippen LogP contribution in [0.15, 0.2) is 0 Å². The summed E-state index contributed by atoms with van der Waals surface area (Å²) in [5.74, 6) is 0.146. The second-order valence-electron chi connectivity index (χ2n) is 4.54. The van der Waals surface area contributed by atoms with Gasteiger partial charge in [0.2, 0.25) is 5.91 Å². The molecule has 1 amide bonds. The van der Waals surface area contributed by atoms with E-state index in [1.54, 1.807) is 0 Å². The highest BCUT2D eigenvalue weighted by Gasteiger charge is 2.27. The largest absolute Gasteiger partial charge is 0.342 e. The topological polar surface area (TPSA) is 46.3 Å². The Hall–Kier alpha value is -0.570. The maximum absolute atomic E-state index is 11.9. The summed E-state index contributed by atoms with van der Waals surface area (Å²) in [7, 11) is 1.91. The van der Waals surface area contributed by atoms with E-state index in [4.69, 9.17) is 5.73 Å². The SMILES string of the molecule is CC(N)C(C)C(=O)N(C)C1CCCC1. The smallest absolute Gasteiger partial charge is 0.226 e. The molecular weight excluding hydrogens is 176 g/mol. The average Bonchev–Trinajstić information content (AvgIpc) is 2.67. The quantitative estimate of drug-likeness (QED) is 0.744. The van der Waals surface area contributed by atoms with Crippen molar-refractivity contribution < 1.29 is 4.79 Å². The Bertz CT molecular complexity index is 197. The van der Waals surface area contributed by atoms with E-state index in [1.807, 2.05) is 25.8 Å². The van der Waals surface area contributed by atoms with Crippen molar-refractivity contribution in [3.8, 4) is 0 Å². The van der Waals surface area contributed by atoms with E-state index in [-0.39, 0.29) is 17.9 Å². The minimum absolute atomic E-state index is 0.0497. The summed E-state index contributed by atoms with van der Waals surface area (Å²) in [5.41, 5.74) is 5.73. The fourth-order valence-corrected chi connectivity index (χ4v) is 2.02. The highest BCUT2D eigenvalue weighted by Crippen LogP contribution is 2.23. The summed E-state index contributed by atoms with van der Waals surface area (Å²) < 4.78 is 0. The van der Waals surface area contributed by atoms with Crippen LogP contribution in [0.3, 0.4) is 0 Å². The van der Waals surface area contributed by atoms with Gasteiger partial charge in [-0.05, 0) is 19.8 Å². The monoisotopic (exact) mass is 198 g/mol. The highest BCUT2D eigenvalue weighted by molar-refractivity contribution is 5.79. The molecule has 0 aromatic rings. The molecule has 0 aromatic heterocycles. The number of hydrogen-bond donors (Lipinski definition) is 1. The molecular formula is C11H22N2O. The number of amides is 1. The summed E-state index contributed by atoms with van der Waals surface area (Å²) in [6, 6.07) is 0.412. The molecule has 3 heteroatoms. The molecule has 0 bridgehead atoms. The van der Waals surface area contributed by atoms with Crippen LogP contribution < -0.4 is 5.73 Å². The minimum atomic E-state index is -0.0550. The number of carbonyl (C=O) groups excluding carboxylic acids is 1. The molecule has 14 heavy (non-hydrogen) atoms. The summed E-state index contributed by atoms with van der Waals surface area (Å²) in [6.07, 6.45) is 4.84. The Kier molecular flexibility index (Phi) is 3.93. The molecule has 2 N–H and O–H groups in total. The first-order valence-corrected chi connectivity index (χ1v) is 5.56. The second-order valence-corrected chi connectivity index (χ2v) is 4.54. The zero-order valence-electron chi connectivity index (χ0n) is 9.49. The van der Waals surface area contributed by atoms with Gasteiger partial charge in [-0.2, -0.15) is 0 Å². The zero-order chi connectivity index (χ0) is 10.7. The van der Waals surface area contributed by atoms with Gasteiger partial charge in [-0.1, -0.05) is 19.8 Å². The Morgan fingerprint density at radius 3 is 2.29 bits per heavy atom. The molecule has 1 aliphatic carbocycles. The van der Waals surface area contributed by atoms with Gasteiger partial charge in [0, 0.05) is 19.1 Å². The fourth-order valence-electron chi connectivity index (χ4n) is 2.02. The van der Waals surface area contributed by atoms with E-state index in [0.29, 0.717) is 6.04 Å². The van der Waals surface area contributed by atoms with Crippen LogP contribution in [0.1, 0.15) is 39.5 Å². The maximum Gasteiger partial charge on any atom is 0.226 e. The molecule has 1 rings (SSSR count). The lowest BCUT2D eigenvalue weighted by Crippen LogP contribution is -2.43. The summed E-state index contributed by atoms with van der Waals surface area (Å²) in [4.78, 5) is 13.8. The fraction of sp³-hybridized carbons (Fsp3) is 0.909. The van der Waals surface area contributed by atoms with Crippen LogP contribution in [0.4, 0.5) is 0 Å². The number of carbonyl (C=O) groups is 1. The minimum Gasteiger partial charge on any atom is -0.342 e. The third-order valence-corrected chi connectivity index (χ3v) is 3.40. The predicted octanol–water partition coefficient (Wildman–Crippen LogP) is 1.37. The number of rotatable bonds is 3. The van der Waals surface area contributed by atoms with Crippen LogP contribution in [0.5, 0.6) is 0 Å². The van der Waals surface area contributed by atoms with Crippen molar-refractivity contribution in [3.05, 3.63) is 0 Å².